The van der Waals surface area contributed by atoms with Crippen LogP contribution in [0.25, 0.3) is 10.6 Å². The summed E-state index contributed by atoms with van der Waals surface area (Å²) in [6.45, 7) is 5.40. The minimum Gasteiger partial charge on any atom is -0.360 e. The molecule has 1 aromatic carbocycles. The third-order valence-corrected chi connectivity index (χ3v) is 6.31. The van der Waals surface area contributed by atoms with Gasteiger partial charge in [-0.2, -0.15) is 0 Å². The lowest BCUT2D eigenvalue weighted by Crippen LogP contribution is -2.29. The minimum atomic E-state index is -1.39. The number of benzene rings is 1. The second-order valence-electron chi connectivity index (χ2n) is 5.99. The number of anilines is 1. The summed E-state index contributed by atoms with van der Waals surface area (Å²) >= 11 is 1.51. The van der Waals surface area contributed by atoms with E-state index < -0.39 is 16.0 Å². The maximum Gasteiger partial charge on any atom is 0.241 e. The van der Waals surface area contributed by atoms with E-state index in [9.17, 15) is 9.00 Å². The van der Waals surface area contributed by atoms with Crippen LogP contribution in [0.3, 0.4) is 0 Å². The molecule has 6 nitrogen and oxygen atoms in total. The first-order chi connectivity index (χ1) is 12.4. The summed E-state index contributed by atoms with van der Waals surface area (Å²) in [6, 6.07) is 9.72. The van der Waals surface area contributed by atoms with Crippen molar-refractivity contribution in [3.05, 3.63) is 52.7 Å². The quantitative estimate of drug-likeness (QED) is 0.695. The van der Waals surface area contributed by atoms with Crippen LogP contribution in [0.5, 0.6) is 0 Å². The molecule has 0 saturated heterocycles. The molecular weight excluding hydrogens is 370 g/mol. The van der Waals surface area contributed by atoms with E-state index in [1.165, 1.54) is 16.9 Å². The maximum atomic E-state index is 12.5. The van der Waals surface area contributed by atoms with Crippen molar-refractivity contribution in [2.45, 2.75) is 31.8 Å². The lowest BCUT2D eigenvalue weighted by atomic mass is 10.2. The lowest BCUT2D eigenvalue weighted by molar-refractivity contribution is -0.115. The molecule has 1 N–H and O–H groups in total. The van der Waals surface area contributed by atoms with Crippen LogP contribution in [0.4, 0.5) is 5.82 Å². The van der Waals surface area contributed by atoms with Crippen molar-refractivity contribution in [1.29, 1.82) is 0 Å². The van der Waals surface area contributed by atoms with Crippen LogP contribution in [0.2, 0.25) is 0 Å². The number of carbonyl (C=O) groups is 1. The fourth-order valence-corrected chi connectivity index (χ4v) is 4.16. The Morgan fingerprint density at radius 3 is 2.69 bits per heavy atom. The van der Waals surface area contributed by atoms with Crippen molar-refractivity contribution in [2.24, 2.45) is 0 Å². The summed E-state index contributed by atoms with van der Waals surface area (Å²) in [7, 11) is -1.39. The number of hydrogen-bond donors (Lipinski definition) is 1. The fourth-order valence-electron chi connectivity index (χ4n) is 2.25. The zero-order valence-electron chi connectivity index (χ0n) is 14.7. The summed E-state index contributed by atoms with van der Waals surface area (Å²) in [5.41, 5.74) is 2.94. The van der Waals surface area contributed by atoms with Gasteiger partial charge in [0.05, 0.1) is 11.4 Å². The van der Waals surface area contributed by atoms with E-state index in [1.54, 1.807) is 19.9 Å². The van der Waals surface area contributed by atoms with E-state index in [4.69, 9.17) is 4.52 Å². The van der Waals surface area contributed by atoms with Gasteiger partial charge in [-0.15, -0.1) is 11.3 Å². The first kappa shape index (κ1) is 18.5. The molecule has 0 aliphatic heterocycles. The Labute approximate surface area is 158 Å². The third-order valence-electron chi connectivity index (χ3n) is 3.78. The van der Waals surface area contributed by atoms with Gasteiger partial charge >= 0.3 is 0 Å². The Balaban J connectivity index is 1.62. The van der Waals surface area contributed by atoms with E-state index in [0.29, 0.717) is 11.6 Å². The number of hydrogen-bond acceptors (Lipinski definition) is 6. The molecule has 0 aliphatic carbocycles. The number of carbonyl (C=O) groups excluding carboxylic acids is 1. The second kappa shape index (κ2) is 7.92. The van der Waals surface area contributed by atoms with E-state index >= 15 is 0 Å². The summed E-state index contributed by atoms with van der Waals surface area (Å²) < 4.78 is 17.4. The third kappa shape index (κ3) is 4.44. The highest BCUT2D eigenvalue weighted by Crippen LogP contribution is 2.25. The first-order valence-electron chi connectivity index (χ1n) is 8.05. The summed E-state index contributed by atoms with van der Waals surface area (Å²) in [6.07, 6.45) is 0. The number of aromatic nitrogens is 2. The smallest absolute Gasteiger partial charge is 0.241 e. The zero-order chi connectivity index (χ0) is 18.7. The summed E-state index contributed by atoms with van der Waals surface area (Å²) in [5, 5.41) is 8.40. The minimum absolute atomic E-state index is 0.231. The Morgan fingerprint density at radius 1 is 1.31 bits per heavy atom. The molecule has 0 spiro atoms. The van der Waals surface area contributed by atoms with Gasteiger partial charge in [0.1, 0.15) is 16.0 Å². The highest BCUT2D eigenvalue weighted by Gasteiger charge is 2.22. The molecular formula is C18H19N3O3S2. The first-order valence-corrected chi connectivity index (χ1v) is 10.3. The molecule has 2 heterocycles. The van der Waals surface area contributed by atoms with Gasteiger partial charge in [0.25, 0.3) is 0 Å². The van der Waals surface area contributed by atoms with Gasteiger partial charge in [-0.3, -0.25) is 9.00 Å². The molecule has 0 aliphatic rings. The van der Waals surface area contributed by atoms with Gasteiger partial charge in [0, 0.05) is 27.8 Å². The van der Waals surface area contributed by atoms with Crippen molar-refractivity contribution >= 4 is 33.9 Å². The van der Waals surface area contributed by atoms with Crippen molar-refractivity contribution in [3.8, 4) is 10.6 Å². The predicted molar refractivity (Wildman–Crippen MR) is 103 cm³/mol. The molecule has 26 heavy (non-hydrogen) atoms. The van der Waals surface area contributed by atoms with E-state index in [-0.39, 0.29) is 11.7 Å². The number of rotatable bonds is 6. The molecule has 136 valence electrons. The maximum absolute atomic E-state index is 12.5. The van der Waals surface area contributed by atoms with Gasteiger partial charge in [0.2, 0.25) is 5.91 Å². The van der Waals surface area contributed by atoms with Crippen LogP contribution >= 0.6 is 11.3 Å². The molecule has 0 fully saturated rings. The van der Waals surface area contributed by atoms with Crippen molar-refractivity contribution in [3.63, 3.8) is 0 Å². The molecule has 3 aromatic rings. The van der Waals surface area contributed by atoms with Gasteiger partial charge in [-0.05, 0) is 20.8 Å². The molecule has 1 amide bonds. The highest BCUT2D eigenvalue weighted by molar-refractivity contribution is 7.85. The number of amides is 1. The fraction of sp³-hybridized carbons (Fsp3) is 0.278. The number of aryl methyl sites for hydroxylation is 2. The Kier molecular flexibility index (Phi) is 5.63. The number of nitrogens with one attached hydrogen (secondary N) is 1. The highest BCUT2D eigenvalue weighted by atomic mass is 32.2. The topological polar surface area (TPSA) is 85.1 Å². The van der Waals surface area contributed by atoms with Crippen LogP contribution in [-0.2, 0) is 21.3 Å². The van der Waals surface area contributed by atoms with Gasteiger partial charge in [0.15, 0.2) is 5.82 Å². The van der Waals surface area contributed by atoms with Gasteiger partial charge in [-0.25, -0.2) is 4.98 Å². The summed E-state index contributed by atoms with van der Waals surface area (Å²) in [5.74, 6) is 0.798. The molecule has 8 heteroatoms. The molecule has 2 atom stereocenters. The van der Waals surface area contributed by atoms with Crippen molar-refractivity contribution < 1.29 is 13.5 Å². The van der Waals surface area contributed by atoms with E-state index in [1.807, 2.05) is 36.6 Å². The zero-order valence-corrected chi connectivity index (χ0v) is 16.3. The lowest BCUT2D eigenvalue weighted by Gasteiger charge is -2.09. The van der Waals surface area contributed by atoms with Crippen LogP contribution in [0.1, 0.15) is 23.9 Å². The second-order valence-corrected chi connectivity index (χ2v) is 8.60. The van der Waals surface area contributed by atoms with Crippen molar-refractivity contribution in [1.82, 2.24) is 10.1 Å². The SMILES string of the molecule is Cc1ccc(-c2nc(C[S@](=O)[C@H](C)C(=O)Nc3cc(C)on3)cs2)cc1. The molecule has 0 unspecified atom stereocenters. The van der Waals surface area contributed by atoms with Crippen LogP contribution in [0.15, 0.2) is 40.2 Å². The molecule has 3 rings (SSSR count). The molecule has 0 radical (unpaired) electrons. The Hall–Kier alpha value is -2.32. The van der Waals surface area contributed by atoms with Crippen LogP contribution in [-0.4, -0.2) is 25.5 Å². The van der Waals surface area contributed by atoms with Gasteiger partial charge < -0.3 is 9.84 Å². The van der Waals surface area contributed by atoms with Crippen molar-refractivity contribution in [2.75, 3.05) is 5.32 Å². The normalized spacial score (nSPS) is 13.3. The number of thiazole rings is 1. The van der Waals surface area contributed by atoms with Gasteiger partial charge in [-0.1, -0.05) is 35.0 Å². The standard InChI is InChI=1S/C18H19N3O3S2/c1-11-4-6-14(7-5-11)18-19-15(9-25-18)10-26(23)13(3)17(22)20-16-8-12(2)24-21-16/h4-9,13H,10H2,1-3H3,(H,20,21,22)/t13-,26+/m1/s1. The monoisotopic (exact) mass is 389 g/mol. The average molecular weight is 390 g/mol. The summed E-state index contributed by atoms with van der Waals surface area (Å²) in [4.78, 5) is 16.8. The van der Waals surface area contributed by atoms with E-state index in [0.717, 1.165) is 16.3 Å². The van der Waals surface area contributed by atoms with Crippen LogP contribution in [0, 0.1) is 13.8 Å². The molecule has 0 bridgehead atoms. The molecule has 0 saturated carbocycles. The Bertz CT molecular complexity index is 931. The average Bonchev–Trinajstić information content (AvgIpc) is 3.24. The Morgan fingerprint density at radius 2 is 2.04 bits per heavy atom. The predicted octanol–water partition coefficient (Wildman–Crippen LogP) is 3.69. The molecule has 2 aromatic heterocycles. The van der Waals surface area contributed by atoms with Crippen LogP contribution < -0.4 is 5.32 Å². The number of nitrogens with zero attached hydrogens (tertiary/aromatic N) is 2. The largest absolute Gasteiger partial charge is 0.360 e. The van der Waals surface area contributed by atoms with E-state index in [2.05, 4.69) is 15.5 Å².